The van der Waals surface area contributed by atoms with Crippen LogP contribution in [-0.4, -0.2) is 16.0 Å². The highest BCUT2D eigenvalue weighted by molar-refractivity contribution is 7.80. The van der Waals surface area contributed by atoms with Gasteiger partial charge in [0.1, 0.15) is 10.7 Å². The molecule has 0 bridgehead atoms. The largest absolute Gasteiger partial charge is 0.507 e. The minimum absolute atomic E-state index is 0.1000. The summed E-state index contributed by atoms with van der Waals surface area (Å²) in [6, 6.07) is 9.60. The van der Waals surface area contributed by atoms with E-state index >= 15 is 0 Å². The Morgan fingerprint density at radius 3 is 2.62 bits per heavy atom. The smallest absolute Gasteiger partial charge is 0.259 e. The van der Waals surface area contributed by atoms with Gasteiger partial charge in [0.2, 0.25) is 0 Å². The lowest BCUT2D eigenvalue weighted by molar-refractivity contribution is 0.102. The van der Waals surface area contributed by atoms with E-state index in [1.54, 1.807) is 30.3 Å². The number of phenols is 1. The van der Waals surface area contributed by atoms with Crippen molar-refractivity contribution < 1.29 is 9.90 Å². The van der Waals surface area contributed by atoms with Crippen LogP contribution in [0.2, 0.25) is 5.02 Å². The lowest BCUT2D eigenvalue weighted by atomic mass is 10.1. The van der Waals surface area contributed by atoms with E-state index in [0.29, 0.717) is 16.3 Å². The van der Waals surface area contributed by atoms with Gasteiger partial charge in [-0.2, -0.15) is 0 Å². The minimum Gasteiger partial charge on any atom is -0.507 e. The molecule has 0 atom stereocenters. The maximum Gasteiger partial charge on any atom is 0.259 e. The lowest BCUT2D eigenvalue weighted by Gasteiger charge is -2.12. The topological polar surface area (TPSA) is 75.3 Å². The monoisotopic (exact) mass is 320 g/mol. The first kappa shape index (κ1) is 15.3. The zero-order valence-corrected chi connectivity index (χ0v) is 12.8. The number of benzene rings is 2. The second kappa shape index (κ2) is 6.11. The molecule has 0 heterocycles. The molecule has 0 saturated heterocycles. The van der Waals surface area contributed by atoms with Gasteiger partial charge in [-0.1, -0.05) is 35.4 Å². The zero-order chi connectivity index (χ0) is 15.6. The first-order chi connectivity index (χ1) is 9.88. The number of carbonyl (C=O) groups is 1. The number of nitrogens with one attached hydrogen (secondary N) is 1. The molecule has 4 N–H and O–H groups in total. The van der Waals surface area contributed by atoms with Crippen LogP contribution in [-0.2, 0) is 0 Å². The van der Waals surface area contributed by atoms with Crippen molar-refractivity contribution in [3.63, 3.8) is 0 Å². The van der Waals surface area contributed by atoms with Gasteiger partial charge >= 0.3 is 0 Å². The summed E-state index contributed by atoms with van der Waals surface area (Å²) in [5.74, 6) is -0.562. The van der Waals surface area contributed by atoms with Crippen molar-refractivity contribution in [2.24, 2.45) is 5.73 Å². The fourth-order valence-corrected chi connectivity index (χ4v) is 2.21. The molecule has 0 fully saturated rings. The Morgan fingerprint density at radius 1 is 1.24 bits per heavy atom. The number of rotatable bonds is 3. The van der Waals surface area contributed by atoms with Crippen LogP contribution in [0.4, 0.5) is 5.69 Å². The van der Waals surface area contributed by atoms with Crippen molar-refractivity contribution in [1.82, 2.24) is 0 Å². The van der Waals surface area contributed by atoms with Crippen molar-refractivity contribution in [1.29, 1.82) is 0 Å². The van der Waals surface area contributed by atoms with Crippen molar-refractivity contribution in [2.45, 2.75) is 6.92 Å². The molecule has 108 valence electrons. The maximum atomic E-state index is 12.3. The summed E-state index contributed by atoms with van der Waals surface area (Å²) in [4.78, 5) is 12.4. The number of hydrogen-bond donors (Lipinski definition) is 3. The molecule has 0 spiro atoms. The lowest BCUT2D eigenvalue weighted by Crippen LogP contribution is -2.17. The molecule has 6 heteroatoms. The van der Waals surface area contributed by atoms with Crippen molar-refractivity contribution >= 4 is 40.4 Å². The van der Waals surface area contributed by atoms with Gasteiger partial charge in [0.15, 0.2) is 0 Å². The second-order valence-corrected chi connectivity index (χ2v) is 5.41. The summed E-state index contributed by atoms with van der Waals surface area (Å²) in [6.07, 6.45) is 0. The predicted molar refractivity (Wildman–Crippen MR) is 88.1 cm³/mol. The first-order valence-electron chi connectivity index (χ1n) is 6.09. The fourth-order valence-electron chi connectivity index (χ4n) is 1.86. The van der Waals surface area contributed by atoms with Gasteiger partial charge in [-0.15, -0.1) is 0 Å². The van der Waals surface area contributed by atoms with Gasteiger partial charge in [0, 0.05) is 10.6 Å². The van der Waals surface area contributed by atoms with Gasteiger partial charge in [0.25, 0.3) is 5.91 Å². The van der Waals surface area contributed by atoms with E-state index < -0.39 is 5.91 Å². The molecule has 0 unspecified atom stereocenters. The van der Waals surface area contributed by atoms with Crippen LogP contribution in [0.15, 0.2) is 36.4 Å². The number of carbonyl (C=O) groups excluding carboxylic acids is 1. The molecule has 1 amide bonds. The van der Waals surface area contributed by atoms with Crippen LogP contribution < -0.4 is 11.1 Å². The predicted octanol–water partition coefficient (Wildman–Crippen LogP) is 3.24. The van der Waals surface area contributed by atoms with Crippen molar-refractivity contribution in [2.75, 3.05) is 5.32 Å². The van der Waals surface area contributed by atoms with Crippen molar-refractivity contribution in [3.05, 3.63) is 58.1 Å². The van der Waals surface area contributed by atoms with Gasteiger partial charge in [-0.05, 0) is 37.3 Å². The molecule has 0 aromatic heterocycles. The van der Waals surface area contributed by atoms with Crippen LogP contribution in [0, 0.1) is 6.92 Å². The van der Waals surface area contributed by atoms with E-state index in [-0.39, 0.29) is 16.3 Å². The molecule has 0 aliphatic heterocycles. The quantitative estimate of drug-likeness (QED) is 0.759. The number of aryl methyl sites for hydroxylation is 1. The Morgan fingerprint density at radius 2 is 1.95 bits per heavy atom. The Bertz CT molecular complexity index is 732. The number of anilines is 1. The highest BCUT2D eigenvalue weighted by atomic mass is 35.5. The highest BCUT2D eigenvalue weighted by Gasteiger charge is 2.14. The summed E-state index contributed by atoms with van der Waals surface area (Å²) >= 11 is 10.9. The van der Waals surface area contributed by atoms with E-state index in [9.17, 15) is 9.90 Å². The van der Waals surface area contributed by atoms with Crippen molar-refractivity contribution in [3.8, 4) is 5.75 Å². The van der Waals surface area contributed by atoms with Crippen LogP contribution in [0.1, 0.15) is 21.5 Å². The Hall–Kier alpha value is -2.11. The number of halogens is 1. The van der Waals surface area contributed by atoms with Gasteiger partial charge < -0.3 is 16.2 Å². The third-order valence-electron chi connectivity index (χ3n) is 2.89. The minimum atomic E-state index is -0.462. The van der Waals surface area contributed by atoms with Crippen LogP contribution in [0.3, 0.4) is 0 Å². The molecule has 0 saturated carbocycles. The highest BCUT2D eigenvalue weighted by Crippen LogP contribution is 2.24. The number of thiocarbonyl (C=S) groups is 1. The molecule has 21 heavy (non-hydrogen) atoms. The Balaban J connectivity index is 2.38. The standard InChI is InChI=1S/C15H13ClN2O2S/c1-8-2-5-13(19)11(6-8)15(20)18-12-7-9(16)3-4-10(12)14(17)21/h2-7,19H,1H3,(H2,17,21)(H,18,20). The molecular weight excluding hydrogens is 308 g/mol. The van der Waals surface area contributed by atoms with Gasteiger partial charge in [-0.3, -0.25) is 4.79 Å². The van der Waals surface area contributed by atoms with Gasteiger partial charge in [0.05, 0.1) is 11.3 Å². The molecule has 0 aliphatic rings. The van der Waals surface area contributed by atoms with Gasteiger partial charge in [-0.25, -0.2) is 0 Å². The molecule has 2 aromatic carbocycles. The average Bonchev–Trinajstić information content (AvgIpc) is 2.41. The molecule has 4 nitrogen and oxygen atoms in total. The average molecular weight is 321 g/mol. The van der Waals surface area contributed by atoms with E-state index in [2.05, 4.69) is 5.32 Å². The van der Waals surface area contributed by atoms with E-state index in [0.717, 1.165) is 5.56 Å². The molecule has 2 rings (SSSR count). The molecule has 0 aliphatic carbocycles. The third-order valence-corrected chi connectivity index (χ3v) is 3.35. The summed E-state index contributed by atoms with van der Waals surface area (Å²) in [5.41, 5.74) is 7.56. The van der Waals surface area contributed by atoms with E-state index in [4.69, 9.17) is 29.6 Å². The summed E-state index contributed by atoms with van der Waals surface area (Å²) in [5, 5.41) is 12.9. The summed E-state index contributed by atoms with van der Waals surface area (Å²) in [7, 11) is 0. The Labute approximate surface area is 132 Å². The zero-order valence-electron chi connectivity index (χ0n) is 11.2. The third kappa shape index (κ3) is 3.51. The number of aromatic hydroxyl groups is 1. The fraction of sp³-hybridized carbons (Fsp3) is 0.0667. The second-order valence-electron chi connectivity index (χ2n) is 4.53. The SMILES string of the molecule is Cc1ccc(O)c(C(=O)Nc2cc(Cl)ccc2C(N)=S)c1. The molecule has 0 radical (unpaired) electrons. The molecule has 2 aromatic rings. The van der Waals surface area contributed by atoms with E-state index in [1.165, 1.54) is 6.07 Å². The first-order valence-corrected chi connectivity index (χ1v) is 6.87. The normalized spacial score (nSPS) is 10.2. The number of phenolic OH excluding ortho intramolecular Hbond substituents is 1. The summed E-state index contributed by atoms with van der Waals surface area (Å²) in [6.45, 7) is 1.83. The summed E-state index contributed by atoms with van der Waals surface area (Å²) < 4.78 is 0. The maximum absolute atomic E-state index is 12.3. The van der Waals surface area contributed by atoms with E-state index in [1.807, 2.05) is 6.92 Å². The molecular formula is C15H13ClN2O2S. The van der Waals surface area contributed by atoms with Crippen LogP contribution in [0.5, 0.6) is 5.75 Å². The number of amides is 1. The number of nitrogens with two attached hydrogens (primary N) is 1. The Kier molecular flexibility index (Phi) is 4.45. The number of hydrogen-bond acceptors (Lipinski definition) is 3. The van der Waals surface area contributed by atoms with Crippen LogP contribution >= 0.6 is 23.8 Å². The van der Waals surface area contributed by atoms with Crippen LogP contribution in [0.25, 0.3) is 0 Å².